The fourth-order valence-corrected chi connectivity index (χ4v) is 3.10. The number of ether oxygens (including phenoxy) is 1. The molecule has 0 saturated carbocycles. The Morgan fingerprint density at radius 3 is 2.24 bits per heavy atom. The maximum atomic E-state index is 6.16. The van der Waals surface area contributed by atoms with Crippen molar-refractivity contribution in [2.24, 2.45) is 16.9 Å². The van der Waals surface area contributed by atoms with Crippen molar-refractivity contribution in [3.8, 4) is 5.75 Å². The van der Waals surface area contributed by atoms with Crippen molar-refractivity contribution in [3.63, 3.8) is 0 Å². The van der Waals surface area contributed by atoms with Crippen LogP contribution in [0.4, 0.5) is 0 Å². The molecular weight excluding hydrogens is 260 g/mol. The molecule has 4 N–H and O–H groups in total. The van der Waals surface area contributed by atoms with Gasteiger partial charge in [0.15, 0.2) is 0 Å². The second-order valence-electron chi connectivity index (χ2n) is 7.65. The summed E-state index contributed by atoms with van der Waals surface area (Å²) in [5.74, 6) is 0.853. The van der Waals surface area contributed by atoms with Gasteiger partial charge in [0.2, 0.25) is 0 Å². The molecule has 0 aliphatic heterocycles. The van der Waals surface area contributed by atoms with Crippen LogP contribution in [0.3, 0.4) is 0 Å². The lowest BCUT2D eigenvalue weighted by Crippen LogP contribution is -2.26. The highest BCUT2D eigenvalue weighted by Gasteiger charge is 2.28. The molecule has 0 aliphatic rings. The largest absolute Gasteiger partial charge is 0.494 e. The highest BCUT2D eigenvalue weighted by Crippen LogP contribution is 2.38. The van der Waals surface area contributed by atoms with E-state index in [9.17, 15) is 0 Å². The maximum absolute atomic E-state index is 6.16. The molecule has 0 aromatic heterocycles. The van der Waals surface area contributed by atoms with E-state index in [0.29, 0.717) is 13.2 Å². The Labute approximate surface area is 130 Å². The first-order valence-corrected chi connectivity index (χ1v) is 7.83. The van der Waals surface area contributed by atoms with Gasteiger partial charge >= 0.3 is 0 Å². The summed E-state index contributed by atoms with van der Waals surface area (Å²) in [4.78, 5) is 0. The third-order valence-electron chi connectivity index (χ3n) is 3.72. The summed E-state index contributed by atoms with van der Waals surface area (Å²) in [5, 5.41) is 0. The molecule has 0 saturated heterocycles. The van der Waals surface area contributed by atoms with Crippen LogP contribution in [0, 0.1) is 5.41 Å². The van der Waals surface area contributed by atoms with Gasteiger partial charge in [-0.1, -0.05) is 40.7 Å². The quantitative estimate of drug-likeness (QED) is 0.839. The van der Waals surface area contributed by atoms with E-state index in [1.165, 1.54) is 5.56 Å². The molecule has 0 bridgehead atoms. The second kappa shape index (κ2) is 6.80. The molecule has 1 rings (SSSR count). The fraction of sp³-hybridized carbons (Fsp3) is 0.667. The Morgan fingerprint density at radius 1 is 1.14 bits per heavy atom. The predicted octanol–water partition coefficient (Wildman–Crippen LogP) is 3.76. The van der Waals surface area contributed by atoms with Crippen molar-refractivity contribution in [2.75, 3.05) is 13.2 Å². The molecule has 3 heteroatoms. The van der Waals surface area contributed by atoms with Crippen LogP contribution in [0.2, 0.25) is 0 Å². The average molecular weight is 292 g/mol. The molecule has 1 aromatic rings. The average Bonchev–Trinajstić information content (AvgIpc) is 2.35. The number of rotatable bonds is 6. The van der Waals surface area contributed by atoms with Crippen LogP contribution >= 0.6 is 0 Å². The molecule has 0 radical (unpaired) electrons. The lowest BCUT2D eigenvalue weighted by molar-refractivity contribution is 0.283. The van der Waals surface area contributed by atoms with Gasteiger partial charge in [0.1, 0.15) is 5.75 Å². The summed E-state index contributed by atoms with van der Waals surface area (Å²) in [5.41, 5.74) is 14.6. The monoisotopic (exact) mass is 292 g/mol. The molecule has 0 spiro atoms. The molecule has 0 fully saturated rings. The third kappa shape index (κ3) is 5.01. The van der Waals surface area contributed by atoms with Gasteiger partial charge in [0, 0.05) is 18.2 Å². The number of benzene rings is 1. The Morgan fingerprint density at radius 2 is 1.76 bits per heavy atom. The smallest absolute Gasteiger partial charge is 0.124 e. The van der Waals surface area contributed by atoms with Gasteiger partial charge in [-0.05, 0) is 41.9 Å². The number of hydrogen-bond acceptors (Lipinski definition) is 3. The molecule has 21 heavy (non-hydrogen) atoms. The second-order valence-corrected chi connectivity index (χ2v) is 7.65. The summed E-state index contributed by atoms with van der Waals surface area (Å²) >= 11 is 0. The molecule has 0 aliphatic carbocycles. The van der Waals surface area contributed by atoms with E-state index in [0.717, 1.165) is 17.7 Å². The van der Waals surface area contributed by atoms with E-state index < -0.39 is 0 Å². The summed E-state index contributed by atoms with van der Waals surface area (Å²) < 4.78 is 5.69. The zero-order valence-corrected chi connectivity index (χ0v) is 14.5. The highest BCUT2D eigenvalue weighted by molar-refractivity contribution is 5.42. The summed E-state index contributed by atoms with van der Waals surface area (Å²) in [6.07, 6.45) is 1.10. The van der Waals surface area contributed by atoms with Crippen molar-refractivity contribution in [1.82, 2.24) is 0 Å². The van der Waals surface area contributed by atoms with Gasteiger partial charge in [0.25, 0.3) is 0 Å². The molecule has 0 amide bonds. The molecule has 0 heterocycles. The minimum atomic E-state index is -0.183. The topological polar surface area (TPSA) is 61.3 Å². The van der Waals surface area contributed by atoms with Crippen molar-refractivity contribution in [1.29, 1.82) is 0 Å². The first-order chi connectivity index (χ1) is 9.60. The standard InChI is InChI=1S/C18H32N2O/c1-7-21-16-9-8-13(10-14(16)15(20)11-19)18(5,6)12-17(2,3)4/h8-10,15H,7,11-12,19-20H2,1-6H3. The molecule has 1 unspecified atom stereocenters. The Bertz CT molecular complexity index is 461. The van der Waals surface area contributed by atoms with Gasteiger partial charge in [-0.25, -0.2) is 0 Å². The summed E-state index contributed by atoms with van der Waals surface area (Å²) in [6, 6.07) is 6.18. The van der Waals surface area contributed by atoms with Gasteiger partial charge in [-0.2, -0.15) is 0 Å². The lowest BCUT2D eigenvalue weighted by Gasteiger charge is -2.33. The molecule has 3 nitrogen and oxygen atoms in total. The first kappa shape index (κ1) is 18.0. The maximum Gasteiger partial charge on any atom is 0.124 e. The molecular formula is C18H32N2O. The van der Waals surface area contributed by atoms with Gasteiger partial charge in [0.05, 0.1) is 6.61 Å². The lowest BCUT2D eigenvalue weighted by atomic mass is 9.72. The minimum absolute atomic E-state index is 0.0893. The normalized spacial score (nSPS) is 14.1. The molecule has 120 valence electrons. The Balaban J connectivity index is 3.20. The predicted molar refractivity (Wildman–Crippen MR) is 90.7 cm³/mol. The van der Waals surface area contributed by atoms with Crippen LogP contribution in [0.15, 0.2) is 18.2 Å². The van der Waals surface area contributed by atoms with Crippen molar-refractivity contribution in [3.05, 3.63) is 29.3 Å². The van der Waals surface area contributed by atoms with Gasteiger partial charge in [-0.3, -0.25) is 0 Å². The minimum Gasteiger partial charge on any atom is -0.494 e. The van der Waals surface area contributed by atoms with Crippen LogP contribution < -0.4 is 16.2 Å². The fourth-order valence-electron chi connectivity index (χ4n) is 3.10. The third-order valence-corrected chi connectivity index (χ3v) is 3.72. The zero-order valence-electron chi connectivity index (χ0n) is 14.5. The van der Waals surface area contributed by atoms with Gasteiger partial charge in [-0.15, -0.1) is 0 Å². The van der Waals surface area contributed by atoms with E-state index in [1.807, 2.05) is 13.0 Å². The van der Waals surface area contributed by atoms with E-state index in [1.54, 1.807) is 0 Å². The van der Waals surface area contributed by atoms with E-state index >= 15 is 0 Å². The SMILES string of the molecule is CCOc1ccc(C(C)(C)CC(C)(C)C)cc1C(N)CN. The molecule has 1 aromatic carbocycles. The summed E-state index contributed by atoms with van der Waals surface area (Å²) in [7, 11) is 0. The van der Waals surface area contributed by atoms with Crippen molar-refractivity contribution >= 4 is 0 Å². The number of hydrogen-bond donors (Lipinski definition) is 2. The molecule has 1 atom stereocenters. The summed E-state index contributed by atoms with van der Waals surface area (Å²) in [6.45, 7) is 14.4. The van der Waals surface area contributed by atoms with Crippen molar-refractivity contribution < 1.29 is 4.74 Å². The van der Waals surface area contributed by atoms with Crippen molar-refractivity contribution in [2.45, 2.75) is 59.4 Å². The van der Waals surface area contributed by atoms with Crippen LogP contribution in [-0.2, 0) is 5.41 Å². The van der Waals surface area contributed by atoms with Gasteiger partial charge < -0.3 is 16.2 Å². The van der Waals surface area contributed by atoms with Crippen LogP contribution in [0.5, 0.6) is 5.75 Å². The Hall–Kier alpha value is -1.06. The van der Waals surface area contributed by atoms with E-state index in [2.05, 4.69) is 46.8 Å². The zero-order chi connectivity index (χ0) is 16.3. The number of nitrogens with two attached hydrogens (primary N) is 2. The first-order valence-electron chi connectivity index (χ1n) is 7.83. The van der Waals surface area contributed by atoms with E-state index in [-0.39, 0.29) is 16.9 Å². The van der Waals surface area contributed by atoms with E-state index in [4.69, 9.17) is 16.2 Å². The Kier molecular flexibility index (Phi) is 5.83. The van der Waals surface area contributed by atoms with Crippen LogP contribution in [0.1, 0.15) is 65.1 Å². The highest BCUT2D eigenvalue weighted by atomic mass is 16.5. The van der Waals surface area contributed by atoms with Crippen LogP contribution in [-0.4, -0.2) is 13.2 Å². The van der Waals surface area contributed by atoms with Crippen LogP contribution in [0.25, 0.3) is 0 Å².